The average molecular weight is 464 g/mol. The Morgan fingerprint density at radius 2 is 2.26 bits per heavy atom. The minimum atomic E-state index is -0.963. The van der Waals surface area contributed by atoms with Gasteiger partial charge in [0.1, 0.15) is 5.39 Å². The molecule has 34 heavy (non-hydrogen) atoms. The van der Waals surface area contributed by atoms with Gasteiger partial charge in [-0.15, -0.1) is 0 Å². The minimum absolute atomic E-state index is 0.0894. The smallest absolute Gasteiger partial charge is 0.335 e. The summed E-state index contributed by atoms with van der Waals surface area (Å²) in [6.45, 7) is 5.52. The molecule has 1 aromatic carbocycles. The van der Waals surface area contributed by atoms with Crippen molar-refractivity contribution in [3.63, 3.8) is 0 Å². The molecule has 0 radical (unpaired) electrons. The van der Waals surface area contributed by atoms with Crippen LogP contribution in [0.4, 0.5) is 11.5 Å². The van der Waals surface area contributed by atoms with E-state index < -0.39 is 5.97 Å². The second-order valence-corrected chi connectivity index (χ2v) is 8.52. The predicted octanol–water partition coefficient (Wildman–Crippen LogP) is 4.85. The molecular weight excluding hydrogens is 434 g/mol. The van der Waals surface area contributed by atoms with Crippen molar-refractivity contribution >= 4 is 28.4 Å². The van der Waals surface area contributed by atoms with E-state index in [9.17, 15) is 15.2 Å². The predicted molar refractivity (Wildman–Crippen MR) is 128 cm³/mol. The number of aromatic nitrogens is 3. The van der Waals surface area contributed by atoms with Gasteiger partial charge in [0.05, 0.1) is 36.4 Å². The fourth-order valence-corrected chi connectivity index (χ4v) is 4.33. The van der Waals surface area contributed by atoms with Crippen LogP contribution in [0.5, 0.6) is 5.88 Å². The van der Waals surface area contributed by atoms with E-state index in [1.807, 2.05) is 10.7 Å². The van der Waals surface area contributed by atoms with E-state index >= 15 is 0 Å². The average Bonchev–Trinajstić information content (AvgIpc) is 3.18. The molecule has 4 rings (SSSR count). The van der Waals surface area contributed by atoms with E-state index in [0.29, 0.717) is 49.2 Å². The monoisotopic (exact) mass is 463 g/mol. The molecule has 3 heterocycles. The summed E-state index contributed by atoms with van der Waals surface area (Å²) in [5, 5.41) is 27.7. The van der Waals surface area contributed by atoms with E-state index in [0.717, 1.165) is 30.2 Å². The normalized spacial score (nSPS) is 17.9. The maximum Gasteiger partial charge on any atom is 0.335 e. The van der Waals surface area contributed by atoms with E-state index in [1.165, 1.54) is 0 Å². The summed E-state index contributed by atoms with van der Waals surface area (Å²) in [7, 11) is 0. The number of hydrogen-bond donors (Lipinski definition) is 2. The number of nitrogens with one attached hydrogen (secondary N) is 1. The molecule has 2 atom stereocenters. The number of aryl methyl sites for hydroxylation is 1. The molecular formula is C25H29N5O4. The summed E-state index contributed by atoms with van der Waals surface area (Å²) < 4.78 is 13.7. The first-order valence-electron chi connectivity index (χ1n) is 11.6. The van der Waals surface area contributed by atoms with E-state index in [2.05, 4.69) is 23.3 Å². The molecule has 178 valence electrons. The fourth-order valence-electron chi connectivity index (χ4n) is 4.33. The SMILES string of the molecule is CCCCOc1nccc2c1c(Nc1ccc(C(=O)O)c(C)c1)nn2[C@H]1COCC[C@@H]1CC#N. The number of nitriles is 1. The number of anilines is 2. The zero-order chi connectivity index (χ0) is 24.1. The molecule has 9 heteroatoms. The Labute approximate surface area is 198 Å². The number of carboxylic acid groups (broad SMARTS) is 1. The van der Waals surface area contributed by atoms with Gasteiger partial charge in [0.2, 0.25) is 5.88 Å². The number of fused-ring (bicyclic) bond motifs is 1. The number of carbonyl (C=O) groups is 1. The third-order valence-electron chi connectivity index (χ3n) is 6.18. The quantitative estimate of drug-likeness (QED) is 0.432. The Morgan fingerprint density at radius 3 is 3.00 bits per heavy atom. The first kappa shape index (κ1) is 23.5. The van der Waals surface area contributed by atoms with Crippen molar-refractivity contribution in [1.82, 2.24) is 14.8 Å². The standard InChI is InChI=1S/C25H29N5O4/c1-3-4-12-34-24-22-20(8-11-27-24)30(21-15-33-13-9-17(21)7-10-26)29-23(22)28-18-5-6-19(25(31)32)16(2)14-18/h5-6,8,11,14,17,21H,3-4,7,9,12-13,15H2,1-2H3,(H,28,29)(H,31,32)/t17-,21-/m0/s1. The first-order valence-corrected chi connectivity index (χ1v) is 11.6. The van der Waals surface area contributed by atoms with Crippen molar-refractivity contribution in [2.24, 2.45) is 5.92 Å². The molecule has 1 aliphatic rings. The van der Waals surface area contributed by atoms with Crippen LogP contribution in [-0.2, 0) is 4.74 Å². The summed E-state index contributed by atoms with van der Waals surface area (Å²) in [4.78, 5) is 15.9. The largest absolute Gasteiger partial charge is 0.478 e. The second kappa shape index (κ2) is 10.5. The molecule has 0 spiro atoms. The lowest BCUT2D eigenvalue weighted by molar-refractivity contribution is 0.0211. The zero-order valence-electron chi connectivity index (χ0n) is 19.5. The van der Waals surface area contributed by atoms with Crippen LogP contribution in [-0.4, -0.2) is 45.7 Å². The Balaban J connectivity index is 1.79. The number of hydrogen-bond acceptors (Lipinski definition) is 7. The number of carboxylic acids is 1. The lowest BCUT2D eigenvalue weighted by atomic mass is 9.92. The number of benzene rings is 1. The number of unbranched alkanes of at least 4 members (excludes halogenated alkanes) is 1. The molecule has 2 N–H and O–H groups in total. The number of nitrogens with zero attached hydrogens (tertiary/aromatic N) is 4. The lowest BCUT2D eigenvalue weighted by Gasteiger charge is -2.30. The number of rotatable bonds is 9. The number of aromatic carboxylic acids is 1. The van der Waals surface area contributed by atoms with Gasteiger partial charge >= 0.3 is 5.97 Å². The summed E-state index contributed by atoms with van der Waals surface area (Å²) in [5.41, 5.74) is 2.46. The van der Waals surface area contributed by atoms with Crippen LogP contribution >= 0.6 is 0 Å². The van der Waals surface area contributed by atoms with E-state index in [1.54, 1.807) is 31.3 Å². The van der Waals surface area contributed by atoms with Crippen LogP contribution in [0, 0.1) is 24.2 Å². The second-order valence-electron chi connectivity index (χ2n) is 8.52. The van der Waals surface area contributed by atoms with Crippen LogP contribution in [0.2, 0.25) is 0 Å². The van der Waals surface area contributed by atoms with E-state index in [4.69, 9.17) is 14.6 Å². The third kappa shape index (κ3) is 4.82. The van der Waals surface area contributed by atoms with Gasteiger partial charge in [-0.3, -0.25) is 4.68 Å². The molecule has 1 saturated heterocycles. The minimum Gasteiger partial charge on any atom is -0.478 e. The first-order chi connectivity index (χ1) is 16.5. The molecule has 0 saturated carbocycles. The van der Waals surface area contributed by atoms with Gasteiger partial charge in [-0.05, 0) is 55.5 Å². The zero-order valence-corrected chi connectivity index (χ0v) is 19.5. The molecule has 1 aliphatic heterocycles. The molecule has 2 aromatic heterocycles. The molecule has 0 aliphatic carbocycles. The van der Waals surface area contributed by atoms with Gasteiger partial charge in [-0.2, -0.15) is 10.4 Å². The van der Waals surface area contributed by atoms with Gasteiger partial charge < -0.3 is 19.9 Å². The van der Waals surface area contributed by atoms with Crippen molar-refractivity contribution < 1.29 is 19.4 Å². The maximum atomic E-state index is 11.4. The Morgan fingerprint density at radius 1 is 1.41 bits per heavy atom. The van der Waals surface area contributed by atoms with Crippen molar-refractivity contribution in [2.45, 2.75) is 45.6 Å². The van der Waals surface area contributed by atoms with Gasteiger partial charge in [0, 0.05) is 24.9 Å². The molecule has 0 unspecified atom stereocenters. The fraction of sp³-hybridized carbons (Fsp3) is 0.440. The van der Waals surface area contributed by atoms with Gasteiger partial charge in [-0.1, -0.05) is 13.3 Å². The number of ether oxygens (including phenoxy) is 2. The summed E-state index contributed by atoms with van der Waals surface area (Å²) in [5.74, 6) is 0.227. The van der Waals surface area contributed by atoms with Crippen LogP contribution in [0.15, 0.2) is 30.5 Å². The summed E-state index contributed by atoms with van der Waals surface area (Å²) >= 11 is 0. The Kier molecular flexibility index (Phi) is 7.28. The number of pyridine rings is 1. The lowest BCUT2D eigenvalue weighted by Crippen LogP contribution is -2.30. The maximum absolute atomic E-state index is 11.4. The van der Waals surface area contributed by atoms with Gasteiger partial charge in [0.15, 0.2) is 5.82 Å². The topological polar surface area (TPSA) is 122 Å². The Bertz CT molecular complexity index is 1220. The summed E-state index contributed by atoms with van der Waals surface area (Å²) in [6.07, 6.45) is 4.85. The van der Waals surface area contributed by atoms with Crippen molar-refractivity contribution in [3.8, 4) is 11.9 Å². The highest BCUT2D eigenvalue weighted by molar-refractivity contribution is 5.96. The molecule has 1 fully saturated rings. The van der Waals surface area contributed by atoms with Crippen molar-refractivity contribution in [1.29, 1.82) is 5.26 Å². The van der Waals surface area contributed by atoms with Crippen LogP contribution in [0.1, 0.15) is 54.6 Å². The highest BCUT2D eigenvalue weighted by atomic mass is 16.5. The van der Waals surface area contributed by atoms with Gasteiger partial charge in [-0.25, -0.2) is 9.78 Å². The molecule has 0 bridgehead atoms. The highest BCUT2D eigenvalue weighted by Gasteiger charge is 2.31. The van der Waals surface area contributed by atoms with Crippen molar-refractivity contribution in [3.05, 3.63) is 41.6 Å². The van der Waals surface area contributed by atoms with Crippen LogP contribution < -0.4 is 10.1 Å². The van der Waals surface area contributed by atoms with Gasteiger partial charge in [0.25, 0.3) is 0 Å². The molecule has 3 aromatic rings. The Hall–Kier alpha value is -3.64. The molecule has 9 nitrogen and oxygen atoms in total. The van der Waals surface area contributed by atoms with Crippen LogP contribution in [0.25, 0.3) is 10.9 Å². The molecule has 0 amide bonds. The highest BCUT2D eigenvalue weighted by Crippen LogP contribution is 2.38. The summed E-state index contributed by atoms with van der Waals surface area (Å²) in [6, 6.07) is 9.19. The van der Waals surface area contributed by atoms with E-state index in [-0.39, 0.29) is 17.5 Å². The van der Waals surface area contributed by atoms with Crippen molar-refractivity contribution in [2.75, 3.05) is 25.1 Å². The third-order valence-corrected chi connectivity index (χ3v) is 6.18. The van der Waals surface area contributed by atoms with Crippen LogP contribution in [0.3, 0.4) is 0 Å².